The molecule has 0 radical (unpaired) electrons. The van der Waals surface area contributed by atoms with E-state index in [0.717, 1.165) is 25.1 Å². The average molecular weight is 221 g/mol. The van der Waals surface area contributed by atoms with Crippen molar-refractivity contribution in [3.8, 4) is 0 Å². The van der Waals surface area contributed by atoms with E-state index in [1.165, 1.54) is 6.42 Å². The summed E-state index contributed by atoms with van der Waals surface area (Å²) in [5.74, 6) is 0.853. The fourth-order valence-corrected chi connectivity index (χ4v) is 2.05. The number of aromatic amines is 1. The smallest absolute Gasteiger partial charge is 0.220 e. The van der Waals surface area contributed by atoms with Crippen molar-refractivity contribution in [1.29, 1.82) is 0 Å². The van der Waals surface area contributed by atoms with Gasteiger partial charge in [0.1, 0.15) is 0 Å². The average Bonchev–Trinajstić information content (AvgIpc) is 2.96. The zero-order chi connectivity index (χ0) is 11.2. The first-order chi connectivity index (χ1) is 7.84. The van der Waals surface area contributed by atoms with Crippen molar-refractivity contribution in [3.05, 3.63) is 24.0 Å². The van der Waals surface area contributed by atoms with Gasteiger partial charge in [0.25, 0.3) is 0 Å². The summed E-state index contributed by atoms with van der Waals surface area (Å²) in [4.78, 5) is 14.5. The molecule has 1 amide bonds. The number of hydrogen-bond acceptors (Lipinski definition) is 2. The molecule has 1 saturated heterocycles. The zero-order valence-electron chi connectivity index (χ0n) is 9.46. The Balaban J connectivity index is 1.60. The summed E-state index contributed by atoms with van der Waals surface area (Å²) in [5.41, 5.74) is 1.12. The Hall–Kier alpha value is -1.29. The van der Waals surface area contributed by atoms with E-state index in [0.29, 0.717) is 18.9 Å². The Morgan fingerprint density at radius 3 is 3.19 bits per heavy atom. The molecule has 4 nitrogen and oxygen atoms in total. The Morgan fingerprint density at radius 2 is 2.50 bits per heavy atom. The van der Waals surface area contributed by atoms with Gasteiger partial charge in [0.05, 0.1) is 0 Å². The number of rotatable bonds is 5. The lowest BCUT2D eigenvalue weighted by atomic mass is 10.0. The van der Waals surface area contributed by atoms with Crippen LogP contribution in [0.5, 0.6) is 0 Å². The van der Waals surface area contributed by atoms with E-state index in [4.69, 9.17) is 0 Å². The molecule has 0 aliphatic carbocycles. The molecule has 3 N–H and O–H groups in total. The molecule has 0 saturated carbocycles. The third kappa shape index (κ3) is 3.38. The molecule has 1 aromatic rings. The Kier molecular flexibility index (Phi) is 3.99. The molecule has 1 aliphatic heterocycles. The number of amides is 1. The van der Waals surface area contributed by atoms with Gasteiger partial charge in [-0.05, 0) is 43.5 Å². The summed E-state index contributed by atoms with van der Waals surface area (Å²) in [5, 5.41) is 6.24. The second kappa shape index (κ2) is 5.70. The highest BCUT2D eigenvalue weighted by Gasteiger charge is 2.15. The molecule has 1 atom stereocenters. The predicted molar refractivity (Wildman–Crippen MR) is 62.9 cm³/mol. The SMILES string of the molecule is O=C(CCC1CCNC1)NCc1cc[nH]c1. The van der Waals surface area contributed by atoms with Crippen LogP contribution < -0.4 is 10.6 Å². The molecule has 4 heteroatoms. The highest BCUT2D eigenvalue weighted by atomic mass is 16.1. The quantitative estimate of drug-likeness (QED) is 0.695. The van der Waals surface area contributed by atoms with Crippen LogP contribution >= 0.6 is 0 Å². The van der Waals surface area contributed by atoms with Crippen LogP contribution in [-0.4, -0.2) is 24.0 Å². The molecule has 0 spiro atoms. The monoisotopic (exact) mass is 221 g/mol. The summed E-state index contributed by atoms with van der Waals surface area (Å²) in [6.45, 7) is 2.81. The third-order valence-electron chi connectivity index (χ3n) is 3.09. The second-order valence-corrected chi connectivity index (χ2v) is 4.39. The zero-order valence-corrected chi connectivity index (χ0v) is 9.46. The Bertz CT molecular complexity index is 315. The van der Waals surface area contributed by atoms with Gasteiger partial charge in [-0.1, -0.05) is 0 Å². The Morgan fingerprint density at radius 1 is 1.56 bits per heavy atom. The van der Waals surface area contributed by atoms with Gasteiger partial charge in [0.2, 0.25) is 5.91 Å². The van der Waals surface area contributed by atoms with E-state index < -0.39 is 0 Å². The molecule has 1 unspecified atom stereocenters. The summed E-state index contributed by atoms with van der Waals surface area (Å²) in [6.07, 6.45) is 6.64. The molecule has 2 heterocycles. The first-order valence-corrected chi connectivity index (χ1v) is 5.93. The van der Waals surface area contributed by atoms with Crippen LogP contribution in [0.25, 0.3) is 0 Å². The highest BCUT2D eigenvalue weighted by molar-refractivity contribution is 5.75. The molecule has 88 valence electrons. The molecule has 0 aromatic carbocycles. The van der Waals surface area contributed by atoms with Crippen LogP contribution in [0.4, 0.5) is 0 Å². The van der Waals surface area contributed by atoms with Crippen molar-refractivity contribution in [2.45, 2.75) is 25.8 Å². The summed E-state index contributed by atoms with van der Waals surface area (Å²) in [7, 11) is 0. The highest BCUT2D eigenvalue weighted by Crippen LogP contribution is 2.13. The molecule has 1 aliphatic rings. The van der Waals surface area contributed by atoms with E-state index in [1.54, 1.807) is 0 Å². The van der Waals surface area contributed by atoms with E-state index >= 15 is 0 Å². The molecular formula is C12H19N3O. The molecule has 16 heavy (non-hydrogen) atoms. The fourth-order valence-electron chi connectivity index (χ4n) is 2.05. The lowest BCUT2D eigenvalue weighted by molar-refractivity contribution is -0.121. The van der Waals surface area contributed by atoms with Gasteiger partial charge in [-0.3, -0.25) is 4.79 Å². The van der Waals surface area contributed by atoms with Gasteiger partial charge < -0.3 is 15.6 Å². The largest absolute Gasteiger partial charge is 0.367 e. The minimum absolute atomic E-state index is 0.160. The second-order valence-electron chi connectivity index (χ2n) is 4.39. The van der Waals surface area contributed by atoms with Crippen molar-refractivity contribution in [1.82, 2.24) is 15.6 Å². The van der Waals surface area contributed by atoms with Crippen LogP contribution in [0.2, 0.25) is 0 Å². The topological polar surface area (TPSA) is 56.9 Å². The number of hydrogen-bond donors (Lipinski definition) is 3. The summed E-state index contributed by atoms with van der Waals surface area (Å²) < 4.78 is 0. The van der Waals surface area contributed by atoms with Crippen LogP contribution in [0.15, 0.2) is 18.5 Å². The first kappa shape index (κ1) is 11.2. The maximum absolute atomic E-state index is 11.6. The predicted octanol–water partition coefficient (Wildman–Crippen LogP) is 1.02. The first-order valence-electron chi connectivity index (χ1n) is 5.93. The number of H-pyrrole nitrogens is 1. The van der Waals surface area contributed by atoms with Gasteiger partial charge in [0, 0.05) is 25.4 Å². The number of aromatic nitrogens is 1. The van der Waals surface area contributed by atoms with E-state index in [-0.39, 0.29) is 5.91 Å². The number of carbonyl (C=O) groups excluding carboxylic acids is 1. The van der Waals surface area contributed by atoms with Crippen LogP contribution in [0, 0.1) is 5.92 Å². The van der Waals surface area contributed by atoms with Crippen molar-refractivity contribution < 1.29 is 4.79 Å². The van der Waals surface area contributed by atoms with E-state index in [2.05, 4.69) is 15.6 Å². The molecular weight excluding hydrogens is 202 g/mol. The van der Waals surface area contributed by atoms with Gasteiger partial charge in [-0.2, -0.15) is 0 Å². The van der Waals surface area contributed by atoms with Crippen LogP contribution in [-0.2, 0) is 11.3 Å². The molecule has 0 bridgehead atoms. The van der Waals surface area contributed by atoms with Gasteiger partial charge in [-0.25, -0.2) is 0 Å². The van der Waals surface area contributed by atoms with Crippen LogP contribution in [0.3, 0.4) is 0 Å². The minimum atomic E-state index is 0.160. The van der Waals surface area contributed by atoms with Crippen molar-refractivity contribution >= 4 is 5.91 Å². The van der Waals surface area contributed by atoms with Crippen molar-refractivity contribution in [2.75, 3.05) is 13.1 Å². The molecule has 1 aromatic heterocycles. The van der Waals surface area contributed by atoms with Gasteiger partial charge >= 0.3 is 0 Å². The van der Waals surface area contributed by atoms with Crippen molar-refractivity contribution in [3.63, 3.8) is 0 Å². The van der Waals surface area contributed by atoms with Crippen LogP contribution in [0.1, 0.15) is 24.8 Å². The van der Waals surface area contributed by atoms with E-state index in [9.17, 15) is 4.79 Å². The number of carbonyl (C=O) groups is 1. The number of nitrogens with one attached hydrogen (secondary N) is 3. The fraction of sp³-hybridized carbons (Fsp3) is 0.583. The summed E-state index contributed by atoms with van der Waals surface area (Å²) in [6, 6.07) is 1.97. The maximum Gasteiger partial charge on any atom is 0.220 e. The molecule has 2 rings (SSSR count). The standard InChI is InChI=1S/C12H19N3O/c16-12(2-1-10-3-5-13-7-10)15-9-11-4-6-14-8-11/h4,6,8,10,13-14H,1-3,5,7,9H2,(H,15,16). The van der Waals surface area contributed by atoms with Gasteiger partial charge in [-0.15, -0.1) is 0 Å². The lowest BCUT2D eigenvalue weighted by Crippen LogP contribution is -2.23. The van der Waals surface area contributed by atoms with E-state index in [1.807, 2.05) is 18.5 Å². The van der Waals surface area contributed by atoms with Crippen molar-refractivity contribution in [2.24, 2.45) is 5.92 Å². The minimum Gasteiger partial charge on any atom is -0.367 e. The normalized spacial score (nSPS) is 19.9. The third-order valence-corrected chi connectivity index (χ3v) is 3.09. The van der Waals surface area contributed by atoms with Gasteiger partial charge in [0.15, 0.2) is 0 Å². The molecule has 1 fully saturated rings. The lowest BCUT2D eigenvalue weighted by Gasteiger charge is -2.08. The Labute approximate surface area is 95.8 Å². The maximum atomic E-state index is 11.6. The summed E-state index contributed by atoms with van der Waals surface area (Å²) >= 11 is 0.